The molecule has 1 aliphatic carbocycles. The smallest absolute Gasteiger partial charge is 0.430 e. The van der Waals surface area contributed by atoms with Crippen molar-refractivity contribution in [1.29, 1.82) is 0 Å². The number of anilines is 1. The standard InChI is InChI=1S/C13H15Cl2NO5S/c14-10-7-4-8-11(12(10)15)16(22(18,19)20)13(17)21-9-5-2-1-3-6-9/h4,7-9H,1-3,5-6H2,(H,18,19,20). The Morgan fingerprint density at radius 2 is 1.86 bits per heavy atom. The van der Waals surface area contributed by atoms with Gasteiger partial charge in [0.1, 0.15) is 6.10 Å². The maximum Gasteiger partial charge on any atom is 0.430 e. The first-order valence-corrected chi connectivity index (χ1v) is 8.88. The molecule has 1 N–H and O–H groups in total. The molecule has 6 nitrogen and oxygen atoms in total. The summed E-state index contributed by atoms with van der Waals surface area (Å²) in [5, 5.41) is -0.110. The van der Waals surface area contributed by atoms with E-state index in [-0.39, 0.29) is 26.1 Å². The fourth-order valence-corrected chi connectivity index (χ4v) is 3.40. The number of benzene rings is 1. The number of rotatable bonds is 3. The Morgan fingerprint density at radius 1 is 1.23 bits per heavy atom. The number of nitrogens with zero attached hydrogens (tertiary/aromatic N) is 1. The zero-order valence-electron chi connectivity index (χ0n) is 11.5. The molecule has 122 valence electrons. The van der Waals surface area contributed by atoms with Gasteiger partial charge in [0, 0.05) is 0 Å². The van der Waals surface area contributed by atoms with Gasteiger partial charge in [-0.1, -0.05) is 35.7 Å². The van der Waals surface area contributed by atoms with E-state index in [0.29, 0.717) is 12.8 Å². The molecular weight excluding hydrogens is 353 g/mol. The Labute approximate surface area is 138 Å². The minimum atomic E-state index is -4.89. The van der Waals surface area contributed by atoms with Crippen LogP contribution in [0, 0.1) is 0 Å². The van der Waals surface area contributed by atoms with Gasteiger partial charge in [-0.25, -0.2) is 4.79 Å². The largest absolute Gasteiger partial charge is 0.445 e. The van der Waals surface area contributed by atoms with Crippen molar-refractivity contribution in [3.05, 3.63) is 28.2 Å². The fraction of sp³-hybridized carbons (Fsp3) is 0.462. The molecule has 0 aliphatic heterocycles. The Bertz CT molecular complexity index is 658. The van der Waals surface area contributed by atoms with E-state index >= 15 is 0 Å². The van der Waals surface area contributed by atoms with Gasteiger partial charge in [-0.05, 0) is 37.8 Å². The Morgan fingerprint density at radius 3 is 2.45 bits per heavy atom. The highest BCUT2D eigenvalue weighted by atomic mass is 35.5. The Kier molecular flexibility index (Phi) is 5.55. The van der Waals surface area contributed by atoms with Crippen molar-refractivity contribution < 1.29 is 22.5 Å². The summed E-state index contributed by atoms with van der Waals surface area (Å²) >= 11 is 11.7. The van der Waals surface area contributed by atoms with Crippen LogP contribution in [-0.4, -0.2) is 25.2 Å². The topological polar surface area (TPSA) is 83.9 Å². The van der Waals surface area contributed by atoms with Crippen LogP contribution < -0.4 is 4.31 Å². The van der Waals surface area contributed by atoms with Crippen molar-refractivity contribution in [3.63, 3.8) is 0 Å². The van der Waals surface area contributed by atoms with Crippen molar-refractivity contribution in [2.24, 2.45) is 0 Å². The molecule has 0 radical (unpaired) electrons. The van der Waals surface area contributed by atoms with E-state index < -0.39 is 16.4 Å². The highest BCUT2D eigenvalue weighted by Gasteiger charge is 2.33. The lowest BCUT2D eigenvalue weighted by molar-refractivity contribution is 0.0834. The van der Waals surface area contributed by atoms with Gasteiger partial charge in [0.15, 0.2) is 0 Å². The Balaban J connectivity index is 2.30. The van der Waals surface area contributed by atoms with Crippen LogP contribution in [0.1, 0.15) is 32.1 Å². The monoisotopic (exact) mass is 367 g/mol. The number of hydrogen-bond acceptors (Lipinski definition) is 4. The van der Waals surface area contributed by atoms with Crippen LogP contribution in [0.2, 0.25) is 10.0 Å². The van der Waals surface area contributed by atoms with Crippen molar-refractivity contribution in [1.82, 2.24) is 0 Å². The van der Waals surface area contributed by atoms with Gasteiger partial charge in [0.05, 0.1) is 15.7 Å². The molecule has 9 heteroatoms. The van der Waals surface area contributed by atoms with Gasteiger partial charge in [-0.2, -0.15) is 8.42 Å². The summed E-state index contributed by atoms with van der Waals surface area (Å²) in [4.78, 5) is 12.2. The summed E-state index contributed by atoms with van der Waals surface area (Å²) in [6, 6.07) is 4.10. The molecule has 0 saturated heterocycles. The minimum absolute atomic E-state index is 0.0540. The van der Waals surface area contributed by atoms with E-state index in [0.717, 1.165) is 19.3 Å². The third-order valence-electron chi connectivity index (χ3n) is 3.37. The van der Waals surface area contributed by atoms with Gasteiger partial charge >= 0.3 is 16.4 Å². The lowest BCUT2D eigenvalue weighted by Crippen LogP contribution is -2.39. The van der Waals surface area contributed by atoms with Crippen LogP contribution in [0.5, 0.6) is 0 Å². The van der Waals surface area contributed by atoms with E-state index in [1.165, 1.54) is 18.2 Å². The first-order chi connectivity index (χ1) is 10.3. The molecule has 0 aromatic heterocycles. The number of amides is 1. The van der Waals surface area contributed by atoms with Crippen LogP contribution >= 0.6 is 23.2 Å². The number of carbonyl (C=O) groups excluding carboxylic acids is 1. The van der Waals surface area contributed by atoms with Crippen LogP contribution in [0.15, 0.2) is 18.2 Å². The van der Waals surface area contributed by atoms with Crippen LogP contribution in [0.3, 0.4) is 0 Å². The minimum Gasteiger partial charge on any atom is -0.445 e. The molecule has 1 aromatic carbocycles. The van der Waals surface area contributed by atoms with Crippen LogP contribution in [-0.2, 0) is 15.0 Å². The first-order valence-electron chi connectivity index (χ1n) is 6.73. The molecular formula is C13H15Cl2NO5S. The summed E-state index contributed by atoms with van der Waals surface area (Å²) in [5.41, 5.74) is -0.252. The van der Waals surface area contributed by atoms with Gasteiger partial charge in [-0.15, -0.1) is 4.31 Å². The van der Waals surface area contributed by atoms with Crippen molar-refractivity contribution in [3.8, 4) is 0 Å². The SMILES string of the molecule is O=C(OC1CCCCC1)N(c1cccc(Cl)c1Cl)S(=O)(=O)O. The second-order valence-electron chi connectivity index (χ2n) is 4.96. The maximum absolute atomic E-state index is 12.2. The normalized spacial score (nSPS) is 16.3. The Hall–Kier alpha value is -1.02. The molecule has 1 aliphatic rings. The third kappa shape index (κ3) is 4.04. The highest BCUT2D eigenvalue weighted by Crippen LogP contribution is 2.34. The fourth-order valence-electron chi connectivity index (χ4n) is 2.34. The zero-order valence-corrected chi connectivity index (χ0v) is 13.9. The summed E-state index contributed by atoms with van der Waals surface area (Å²) in [5.74, 6) is 0. The maximum atomic E-state index is 12.2. The lowest BCUT2D eigenvalue weighted by atomic mass is 9.98. The summed E-state index contributed by atoms with van der Waals surface area (Å²) in [6.07, 6.45) is 2.62. The molecule has 2 rings (SSSR count). The zero-order chi connectivity index (χ0) is 16.3. The number of hydrogen-bond donors (Lipinski definition) is 1. The first kappa shape index (κ1) is 17.3. The average molecular weight is 368 g/mol. The van der Waals surface area contributed by atoms with Crippen molar-refractivity contribution in [2.45, 2.75) is 38.2 Å². The van der Waals surface area contributed by atoms with Gasteiger partial charge < -0.3 is 4.74 Å². The molecule has 0 spiro atoms. The molecule has 22 heavy (non-hydrogen) atoms. The molecule has 1 fully saturated rings. The number of ether oxygens (including phenoxy) is 1. The van der Waals surface area contributed by atoms with Crippen molar-refractivity contribution >= 4 is 45.3 Å². The molecule has 1 saturated carbocycles. The third-order valence-corrected chi connectivity index (χ3v) is 4.98. The summed E-state index contributed by atoms with van der Waals surface area (Å²) in [6.45, 7) is 0. The molecule has 1 aromatic rings. The highest BCUT2D eigenvalue weighted by molar-refractivity contribution is 7.88. The second-order valence-corrected chi connectivity index (χ2v) is 7.00. The lowest BCUT2D eigenvalue weighted by Gasteiger charge is -2.26. The van der Waals surface area contributed by atoms with E-state index in [1.54, 1.807) is 0 Å². The summed E-state index contributed by atoms with van der Waals surface area (Å²) in [7, 11) is -4.89. The molecule has 0 atom stereocenters. The number of carbonyl (C=O) groups is 1. The van der Waals surface area contributed by atoms with Gasteiger partial charge in [-0.3, -0.25) is 4.55 Å². The van der Waals surface area contributed by atoms with Crippen LogP contribution in [0.25, 0.3) is 0 Å². The molecule has 1 amide bonds. The second kappa shape index (κ2) is 7.04. The predicted molar refractivity (Wildman–Crippen MR) is 83.8 cm³/mol. The van der Waals surface area contributed by atoms with E-state index in [4.69, 9.17) is 27.9 Å². The molecule has 0 unspecified atom stereocenters. The van der Waals surface area contributed by atoms with Gasteiger partial charge in [0.25, 0.3) is 0 Å². The number of halogens is 2. The van der Waals surface area contributed by atoms with Crippen LogP contribution in [0.4, 0.5) is 10.5 Å². The molecule has 0 bridgehead atoms. The van der Waals surface area contributed by atoms with Crippen molar-refractivity contribution in [2.75, 3.05) is 4.31 Å². The van der Waals surface area contributed by atoms with E-state index in [1.807, 2.05) is 0 Å². The van der Waals surface area contributed by atoms with E-state index in [2.05, 4.69) is 0 Å². The quantitative estimate of drug-likeness (QED) is 0.813. The summed E-state index contributed by atoms with van der Waals surface area (Å²) < 4.78 is 37.8. The van der Waals surface area contributed by atoms with E-state index in [9.17, 15) is 17.8 Å². The average Bonchev–Trinajstić information content (AvgIpc) is 2.43. The molecule has 0 heterocycles. The predicted octanol–water partition coefficient (Wildman–Crippen LogP) is 4.07. The van der Waals surface area contributed by atoms with Gasteiger partial charge in [0.2, 0.25) is 0 Å².